The van der Waals surface area contributed by atoms with Gasteiger partial charge in [-0.25, -0.2) is 9.97 Å². The van der Waals surface area contributed by atoms with Crippen molar-refractivity contribution in [3.63, 3.8) is 0 Å². The van der Waals surface area contributed by atoms with Crippen LogP contribution in [0.15, 0.2) is 29.6 Å². The summed E-state index contributed by atoms with van der Waals surface area (Å²) in [6, 6.07) is 5.79. The van der Waals surface area contributed by atoms with E-state index in [9.17, 15) is 0 Å². The number of anilines is 1. The van der Waals surface area contributed by atoms with Crippen molar-refractivity contribution in [1.82, 2.24) is 9.97 Å². The van der Waals surface area contributed by atoms with E-state index in [0.717, 1.165) is 40.2 Å². The Morgan fingerprint density at radius 1 is 1.22 bits per heavy atom. The average molecular weight is 453 g/mol. The summed E-state index contributed by atoms with van der Waals surface area (Å²) in [5.74, 6) is 2.83. The fourth-order valence-corrected chi connectivity index (χ4v) is 5.59. The first kappa shape index (κ1) is 22.5. The van der Waals surface area contributed by atoms with Crippen LogP contribution in [0.5, 0.6) is 11.5 Å². The van der Waals surface area contributed by atoms with E-state index in [1.54, 1.807) is 31.9 Å². The third-order valence-corrected chi connectivity index (χ3v) is 8.19. The zero-order chi connectivity index (χ0) is 22.9. The second-order valence-corrected chi connectivity index (χ2v) is 10.2. The predicted molar refractivity (Wildman–Crippen MR) is 132 cm³/mol. The Labute approximate surface area is 194 Å². The van der Waals surface area contributed by atoms with Crippen molar-refractivity contribution >= 4 is 33.1 Å². The molecule has 0 saturated heterocycles. The molecular weight excluding hydrogens is 420 g/mol. The summed E-state index contributed by atoms with van der Waals surface area (Å²) in [5, 5.41) is 5.78. The molecule has 0 fully saturated rings. The van der Waals surface area contributed by atoms with Crippen molar-refractivity contribution in [2.45, 2.75) is 53.4 Å². The summed E-state index contributed by atoms with van der Waals surface area (Å²) in [7, 11) is 3.27. The van der Waals surface area contributed by atoms with E-state index >= 15 is 0 Å². The first-order valence-electron chi connectivity index (χ1n) is 11.2. The molecule has 32 heavy (non-hydrogen) atoms. The molecule has 0 radical (unpaired) electrons. The Bertz CT molecular complexity index is 1150. The molecule has 1 N–H and O–H groups in total. The van der Waals surface area contributed by atoms with Crippen LogP contribution in [0.3, 0.4) is 0 Å². The minimum Gasteiger partial charge on any atom is -0.493 e. The Balaban J connectivity index is 1.65. The lowest BCUT2D eigenvalue weighted by Crippen LogP contribution is -2.28. The maximum atomic E-state index is 5.43. The molecule has 6 nitrogen and oxygen atoms in total. The zero-order valence-corrected chi connectivity index (χ0v) is 20.6. The number of aryl methyl sites for hydroxylation is 1. The maximum Gasteiger partial charge on any atom is 0.161 e. The third-order valence-electron chi connectivity index (χ3n) is 6.99. The minimum atomic E-state index is 0.331. The molecule has 1 aliphatic rings. The van der Waals surface area contributed by atoms with Gasteiger partial charge in [0.1, 0.15) is 11.2 Å². The summed E-state index contributed by atoms with van der Waals surface area (Å²) in [4.78, 5) is 11.6. The highest BCUT2D eigenvalue weighted by Crippen LogP contribution is 2.45. The summed E-state index contributed by atoms with van der Waals surface area (Å²) in [6.07, 6.45) is 6.26. The van der Waals surface area contributed by atoms with Gasteiger partial charge < -0.3 is 9.47 Å². The fraction of sp³-hybridized carbons (Fsp3) is 0.480. The molecule has 7 heteroatoms. The van der Waals surface area contributed by atoms with Gasteiger partial charge in [-0.1, -0.05) is 27.2 Å². The lowest BCUT2D eigenvalue weighted by atomic mass is 9.69. The van der Waals surface area contributed by atoms with Gasteiger partial charge in [-0.05, 0) is 61.3 Å². The monoisotopic (exact) mass is 452 g/mol. The minimum absolute atomic E-state index is 0.331. The van der Waals surface area contributed by atoms with Crippen molar-refractivity contribution < 1.29 is 9.47 Å². The van der Waals surface area contributed by atoms with Crippen LogP contribution in [0.2, 0.25) is 0 Å². The van der Waals surface area contributed by atoms with E-state index in [4.69, 9.17) is 9.47 Å². The summed E-state index contributed by atoms with van der Waals surface area (Å²) in [6.45, 7) is 9.05. The lowest BCUT2D eigenvalue weighted by molar-refractivity contribution is 0.184. The number of ether oxygens (including phenoxy) is 2. The molecule has 4 rings (SSSR count). The predicted octanol–water partition coefficient (Wildman–Crippen LogP) is 6.09. The first-order valence-corrected chi connectivity index (χ1v) is 12.0. The van der Waals surface area contributed by atoms with Gasteiger partial charge in [0.05, 0.1) is 25.3 Å². The molecular formula is C25H32N4O2S. The van der Waals surface area contributed by atoms with Gasteiger partial charge in [0.2, 0.25) is 0 Å². The van der Waals surface area contributed by atoms with Gasteiger partial charge >= 0.3 is 0 Å². The molecule has 0 bridgehead atoms. The van der Waals surface area contributed by atoms with Crippen molar-refractivity contribution in [1.29, 1.82) is 0 Å². The van der Waals surface area contributed by atoms with Crippen LogP contribution in [-0.4, -0.2) is 29.9 Å². The van der Waals surface area contributed by atoms with Crippen LogP contribution >= 0.6 is 11.3 Å². The highest BCUT2D eigenvalue weighted by Gasteiger charge is 2.33. The van der Waals surface area contributed by atoms with Crippen LogP contribution in [0.4, 0.5) is 5.82 Å². The Morgan fingerprint density at radius 3 is 2.72 bits per heavy atom. The second kappa shape index (κ2) is 9.06. The quantitative estimate of drug-likeness (QED) is 0.347. The average Bonchev–Trinajstić information content (AvgIpc) is 3.20. The molecule has 1 aliphatic carbocycles. The Morgan fingerprint density at radius 2 is 2.00 bits per heavy atom. The number of nitrogens with one attached hydrogen (secondary N) is 1. The third kappa shape index (κ3) is 4.18. The molecule has 3 aromatic rings. The van der Waals surface area contributed by atoms with E-state index in [0.29, 0.717) is 22.8 Å². The topological polar surface area (TPSA) is 68.6 Å². The molecule has 170 valence electrons. The summed E-state index contributed by atoms with van der Waals surface area (Å²) in [5.41, 5.74) is 6.76. The molecule has 1 aromatic carbocycles. The smallest absolute Gasteiger partial charge is 0.161 e. The van der Waals surface area contributed by atoms with Gasteiger partial charge in [0, 0.05) is 10.4 Å². The van der Waals surface area contributed by atoms with Crippen molar-refractivity contribution in [2.24, 2.45) is 16.4 Å². The largest absolute Gasteiger partial charge is 0.493 e. The first-order chi connectivity index (χ1) is 15.4. The van der Waals surface area contributed by atoms with E-state index in [2.05, 4.69) is 41.3 Å². The molecule has 1 atom stereocenters. The van der Waals surface area contributed by atoms with E-state index in [1.807, 2.05) is 25.1 Å². The van der Waals surface area contributed by atoms with Crippen LogP contribution in [0.1, 0.15) is 56.5 Å². The molecule has 0 unspecified atom stereocenters. The number of rotatable bonds is 7. The highest BCUT2D eigenvalue weighted by molar-refractivity contribution is 7.19. The van der Waals surface area contributed by atoms with Gasteiger partial charge in [0.15, 0.2) is 17.3 Å². The molecule has 0 amide bonds. The van der Waals surface area contributed by atoms with E-state index < -0.39 is 0 Å². The molecule has 2 aromatic heterocycles. The molecule has 0 saturated carbocycles. The van der Waals surface area contributed by atoms with Gasteiger partial charge in [-0.2, -0.15) is 5.10 Å². The lowest BCUT2D eigenvalue weighted by Gasteiger charge is -2.36. The van der Waals surface area contributed by atoms with Crippen LogP contribution in [0.25, 0.3) is 10.2 Å². The number of aromatic nitrogens is 2. The number of benzene rings is 1. The standard InChI is InChI=1S/C25H32N4O2S/c1-7-25(3,4)17-9-11-21-18(13-17)22-23(26-14-27-24(22)32-21)29-28-15(2)16-8-10-19(30-5)20(12-16)31-6/h8,10,12,14,17H,7,9,11,13H2,1-6H3,(H,26,27,29)/b28-15-/t17-/m1/s1. The maximum absolute atomic E-state index is 5.43. The highest BCUT2D eigenvalue weighted by atomic mass is 32.1. The number of hydrogen-bond donors (Lipinski definition) is 1. The summed E-state index contributed by atoms with van der Waals surface area (Å²) < 4.78 is 10.8. The van der Waals surface area contributed by atoms with Crippen molar-refractivity contribution in [3.8, 4) is 11.5 Å². The number of fused-ring (bicyclic) bond motifs is 3. The molecule has 0 aliphatic heterocycles. The SMILES string of the molecule is CCC(C)(C)[C@@H]1CCc2sc3ncnc(N/N=C(/C)c4ccc(OC)c(OC)c4)c3c2C1. The van der Waals surface area contributed by atoms with Gasteiger partial charge in [-0.15, -0.1) is 11.3 Å². The van der Waals surface area contributed by atoms with E-state index in [-0.39, 0.29) is 0 Å². The number of thiophene rings is 1. The van der Waals surface area contributed by atoms with Crippen molar-refractivity contribution in [3.05, 3.63) is 40.5 Å². The van der Waals surface area contributed by atoms with E-state index in [1.165, 1.54) is 23.3 Å². The van der Waals surface area contributed by atoms with Crippen LogP contribution in [0, 0.1) is 11.3 Å². The number of methoxy groups -OCH3 is 2. The number of hydrogen-bond acceptors (Lipinski definition) is 7. The second-order valence-electron chi connectivity index (χ2n) is 9.07. The Hall–Kier alpha value is -2.67. The van der Waals surface area contributed by atoms with Crippen LogP contribution in [-0.2, 0) is 12.8 Å². The van der Waals surface area contributed by atoms with Crippen molar-refractivity contribution in [2.75, 3.05) is 19.6 Å². The normalized spacial score (nSPS) is 16.7. The Kier molecular flexibility index (Phi) is 6.38. The molecule has 2 heterocycles. The molecule has 0 spiro atoms. The summed E-state index contributed by atoms with van der Waals surface area (Å²) >= 11 is 1.80. The fourth-order valence-electron chi connectivity index (χ4n) is 4.41. The zero-order valence-electron chi connectivity index (χ0n) is 19.8. The van der Waals surface area contributed by atoms with Gasteiger partial charge in [-0.3, -0.25) is 5.43 Å². The van der Waals surface area contributed by atoms with Crippen LogP contribution < -0.4 is 14.9 Å². The number of nitrogens with zero attached hydrogens (tertiary/aromatic N) is 3. The van der Waals surface area contributed by atoms with Gasteiger partial charge in [0.25, 0.3) is 0 Å². The number of hydrazone groups is 1.